The fraction of sp³-hybridized carbons (Fsp3) is 0.484. The predicted molar refractivity (Wildman–Crippen MR) is 483 cm³/mol. The van der Waals surface area contributed by atoms with E-state index < -0.39 is 386 Å². The summed E-state index contributed by atoms with van der Waals surface area (Å²) in [6.45, 7) is -0.0572. The van der Waals surface area contributed by atoms with Crippen LogP contribution in [0.3, 0.4) is 0 Å². The lowest BCUT2D eigenvalue weighted by atomic mass is 9.89. The number of rotatable bonds is 17. The third-order valence-corrected chi connectivity index (χ3v) is 27.2. The molecule has 0 aliphatic carbocycles. The van der Waals surface area contributed by atoms with Crippen LogP contribution in [0.15, 0.2) is 121 Å². The van der Waals surface area contributed by atoms with E-state index in [2.05, 4.69) is 31.9 Å². The van der Waals surface area contributed by atoms with Gasteiger partial charge >= 0.3 is 5.97 Å². The van der Waals surface area contributed by atoms with E-state index in [0.29, 0.717) is 0 Å². The van der Waals surface area contributed by atoms with Crippen molar-refractivity contribution in [2.24, 2.45) is 11.5 Å². The molecule has 12 heterocycles. The Bertz CT molecular complexity index is 6010. The number of carbonyl (C=O) groups is 7. The molecule has 147 heavy (non-hydrogen) atoms. The number of phenols is 4. The maximum atomic E-state index is 17.3. The minimum absolute atomic E-state index is 0.0673. The molecule has 6 amide bonds. The van der Waals surface area contributed by atoms with Gasteiger partial charge in [-0.2, -0.15) is 0 Å². The van der Waals surface area contributed by atoms with Gasteiger partial charge in [0, 0.05) is 40.8 Å². The molecular weight excluding hydrogens is 1960 g/mol. The minimum atomic E-state index is -2.60. The van der Waals surface area contributed by atoms with Crippen molar-refractivity contribution in [2.45, 2.75) is 254 Å². The van der Waals surface area contributed by atoms with Crippen molar-refractivity contribution in [3.63, 3.8) is 0 Å². The second-order valence-corrected chi connectivity index (χ2v) is 36.9. The minimum Gasteiger partial charge on any atom is -0.508 e. The first-order valence-corrected chi connectivity index (χ1v) is 46.4. The first-order valence-electron chi connectivity index (χ1n) is 46.4. The van der Waals surface area contributed by atoms with Crippen LogP contribution in [-0.4, -0.2) is 366 Å². The van der Waals surface area contributed by atoms with Gasteiger partial charge in [-0.1, -0.05) is 36.4 Å². The van der Waals surface area contributed by atoms with E-state index in [1.807, 2.05) is 0 Å². The number of aliphatic hydroxyl groups is 17. The molecule has 17 bridgehead atoms. The molecule has 12 aliphatic rings. The van der Waals surface area contributed by atoms with Gasteiger partial charge in [-0.05, 0) is 133 Å². The fourth-order valence-electron chi connectivity index (χ4n) is 18.7. The van der Waals surface area contributed by atoms with Crippen LogP contribution < -0.4 is 67.1 Å². The number of esters is 1. The summed E-state index contributed by atoms with van der Waals surface area (Å²) in [5, 5.41) is 256. The third-order valence-electron chi connectivity index (χ3n) is 27.2. The maximum absolute atomic E-state index is 17.3. The largest absolute Gasteiger partial charge is 0.508 e. The topological polar surface area (TPSA) is 816 Å². The number of ether oxygens (including phenoxy) is 16. The summed E-state index contributed by atoms with van der Waals surface area (Å²) in [4.78, 5) is 113. The van der Waals surface area contributed by atoms with Crippen molar-refractivity contribution in [2.75, 3.05) is 33.5 Å². The van der Waals surface area contributed by atoms with Gasteiger partial charge in [-0.15, -0.1) is 0 Å². The molecule has 10 unspecified atom stereocenters. The number of amides is 6. The molecule has 12 aliphatic heterocycles. The lowest BCUT2D eigenvalue weighted by Gasteiger charge is -2.47. The summed E-state index contributed by atoms with van der Waals surface area (Å²) in [5.74, 6) is -17.8. The molecule has 794 valence electrons. The van der Waals surface area contributed by atoms with Crippen molar-refractivity contribution in [1.29, 1.82) is 0 Å². The van der Waals surface area contributed by atoms with E-state index in [0.717, 1.165) is 98.1 Å². The maximum Gasteiger partial charge on any atom is 0.333 e. The number of hydrogen-bond donors (Lipinski definition) is 29. The normalized spacial score (nSPS) is 36.1. The fourth-order valence-corrected chi connectivity index (χ4v) is 18.7. The van der Waals surface area contributed by atoms with Crippen LogP contribution in [0.25, 0.3) is 11.1 Å². The Morgan fingerprint density at radius 1 is 0.408 bits per heavy atom. The second kappa shape index (κ2) is 43.6. The average Bonchev–Trinajstić information content (AvgIpc) is 1.05. The van der Waals surface area contributed by atoms with E-state index in [1.54, 1.807) is 0 Å². The Balaban J connectivity index is 0.908. The quantitative estimate of drug-likeness (QED) is 0.0377. The standard InChI is InChI=1S/C95H110N8O44/c1-30-47(110)18-37-20-48(30)138-49-19-35(9-16-46(49)109)59(97)84(125)102-64-68(113)33-5-11-40(12-6-33)136-51-21-38-22-52(81(51)145-95-83(76(121)72(117)56(143-95)29-133-91-78(123)73(118)67(112)32(3)135-91)147-94-82(75(120)70(115)54(27-105)142-94)146-93-77(122)71(116)55(28-106)141-93)137-41-13-7-34(8-14-41)80(144-57-25-44(96)66(111)31(2)134-57)65-89(130)101-63(90(131)132-4)43-23-39(107)24-50(139-92-79(124)74(119)69(114)53(26-104)140-92)58(43)42-17-36(10-15-45(42)108)60(85(126)103-65)98-87(128)62(38)99-86(127)61(37)100-88(64)129/h5-24,31-32,44,53-57,59-80,82-83,91-95,104-124H,25-29,96-97H2,1-4H3,(H,98,128)(H,99,127)(H,100,129)(H,101,130)(H,102,125)(H,103,126)/t31-,32-,44-,53+,54+,55+,56-,57-,59?,60?,61?,62?,63?,64?,65?,66-,67-,68?,69+,70+,71+,72-,73+,74?,75-,76+,77-,78+,79-,80?,82+,83-,91+,92-,93+,94+,95+/m0/s1. The first-order chi connectivity index (χ1) is 70.0. The summed E-state index contributed by atoms with van der Waals surface area (Å²) in [7, 11) is 0.873. The Morgan fingerprint density at radius 3 is 1.53 bits per heavy atom. The van der Waals surface area contributed by atoms with Crippen molar-refractivity contribution < 1.29 is 217 Å². The molecule has 7 aromatic rings. The van der Waals surface area contributed by atoms with E-state index in [4.69, 9.17) is 87.3 Å². The summed E-state index contributed by atoms with van der Waals surface area (Å²) >= 11 is 0. The molecule has 7 aromatic carbocycles. The number of aromatic hydroxyl groups is 4. The number of aliphatic hydroxyl groups excluding tert-OH is 17. The molecule has 52 nitrogen and oxygen atoms in total. The Labute approximate surface area is 831 Å². The zero-order chi connectivity index (χ0) is 105. The number of phenolic OH excluding ortho intramolecular Hbond substituents is 4. The van der Waals surface area contributed by atoms with Crippen molar-refractivity contribution >= 4 is 41.4 Å². The molecule has 6 saturated heterocycles. The highest BCUT2D eigenvalue weighted by Gasteiger charge is 2.58. The molecular formula is C95H110N8O44. The molecule has 0 saturated carbocycles. The van der Waals surface area contributed by atoms with Crippen LogP contribution in [0.5, 0.6) is 69.0 Å². The van der Waals surface area contributed by atoms with Crippen LogP contribution in [-0.2, 0) is 85.7 Å². The number of methoxy groups -OCH3 is 1. The molecule has 37 atom stereocenters. The van der Waals surface area contributed by atoms with Gasteiger partial charge in [0.15, 0.2) is 60.3 Å². The molecule has 0 spiro atoms. The van der Waals surface area contributed by atoms with Crippen LogP contribution in [0.1, 0.15) is 107 Å². The summed E-state index contributed by atoms with van der Waals surface area (Å²) < 4.78 is 99.8. The number of nitrogens with two attached hydrogens (primary N) is 2. The highest BCUT2D eigenvalue weighted by atomic mass is 16.8. The number of benzene rings is 7. The predicted octanol–water partition coefficient (Wildman–Crippen LogP) is -6.50. The van der Waals surface area contributed by atoms with Crippen LogP contribution in [0.2, 0.25) is 0 Å². The van der Waals surface area contributed by atoms with Gasteiger partial charge in [0.25, 0.3) is 0 Å². The molecule has 52 heteroatoms. The molecule has 0 aromatic heterocycles. The second-order valence-electron chi connectivity index (χ2n) is 36.9. The van der Waals surface area contributed by atoms with Gasteiger partial charge in [-0.25, -0.2) is 4.79 Å². The lowest BCUT2D eigenvalue weighted by molar-refractivity contribution is -0.377. The smallest absolute Gasteiger partial charge is 0.333 e. The molecule has 31 N–H and O–H groups in total. The molecule has 19 rings (SSSR count). The molecule has 0 radical (unpaired) electrons. The number of carbonyl (C=O) groups excluding carboxylic acids is 7. The van der Waals surface area contributed by atoms with E-state index in [-0.39, 0.29) is 39.5 Å². The molecule has 6 fully saturated rings. The number of fused-ring (bicyclic) bond motifs is 14. The summed E-state index contributed by atoms with van der Waals surface area (Å²) in [6.07, 6.45) is -58.2. The lowest BCUT2D eigenvalue weighted by Crippen LogP contribution is -2.66. The van der Waals surface area contributed by atoms with Crippen molar-refractivity contribution in [3.05, 3.63) is 166 Å². The summed E-state index contributed by atoms with van der Waals surface area (Å²) in [5.41, 5.74) is 9.22. The van der Waals surface area contributed by atoms with E-state index >= 15 is 24.0 Å². The Kier molecular flexibility index (Phi) is 31.5. The van der Waals surface area contributed by atoms with Crippen molar-refractivity contribution in [1.82, 2.24) is 31.9 Å². The van der Waals surface area contributed by atoms with Crippen LogP contribution >= 0.6 is 0 Å². The number of nitrogens with one attached hydrogen (secondary N) is 6. The SMILES string of the molecule is COC(=O)C1NC(=O)C2NC(=O)C(NC(=O)C3NC(=O)C4NC(=O)C(NC(=O)C(N)c5ccc(O)c(c5)Oc5cc4cc(O)c5C)C(O)c4ccc(cc4)Oc4cc3cc(c4O[C@H]3O[C@@H](CO[C@@H]4O[C@@H](C)[C@H](O)[C@@H](O)[C@H]4O)[C@H](O)[C@@H](O)[C@@H]3O[C@H]3O[C@H](CO)[C@@H](O)[C@H](O)[C@H]3O[C@H]3O[C@H](CO)[C@@H](O)[C@@H]3O)Oc3ccc(cc3)C2O[C@H]2C[C@H](N)[C@@H](O)[C@H](C)O2)c2ccc(O)c(c2)-c2c(O[C@H]3O[C@H](CO)[C@@H](O)C(O)[C@@H]3O)cc(O)cc21. The van der Waals surface area contributed by atoms with Gasteiger partial charge in [0.05, 0.1) is 51.8 Å². The van der Waals surface area contributed by atoms with Gasteiger partial charge in [-0.3, -0.25) is 28.8 Å². The number of hydrogen-bond acceptors (Lipinski definition) is 46. The zero-order valence-electron chi connectivity index (χ0n) is 77.9. The Hall–Kier alpha value is -12.1. The van der Waals surface area contributed by atoms with Gasteiger partial charge in [0.1, 0.15) is 192 Å². The van der Waals surface area contributed by atoms with Crippen LogP contribution in [0, 0.1) is 6.92 Å². The Morgan fingerprint density at radius 2 is 0.898 bits per heavy atom. The summed E-state index contributed by atoms with van der Waals surface area (Å²) in [6, 6.07) is 4.22. The van der Waals surface area contributed by atoms with E-state index in [1.165, 1.54) is 51.1 Å². The highest BCUT2D eigenvalue weighted by Crippen LogP contribution is 2.51. The third kappa shape index (κ3) is 21.3. The zero-order valence-corrected chi connectivity index (χ0v) is 77.9. The van der Waals surface area contributed by atoms with Gasteiger partial charge < -0.3 is 226 Å². The monoisotopic (exact) mass is 2070 g/mol. The van der Waals surface area contributed by atoms with Gasteiger partial charge in [0.2, 0.25) is 53.8 Å². The highest BCUT2D eigenvalue weighted by molar-refractivity contribution is 6.00. The average molecular weight is 2070 g/mol. The first kappa shape index (κ1) is 106. The van der Waals surface area contributed by atoms with Crippen molar-refractivity contribution in [3.8, 4) is 80.1 Å². The van der Waals surface area contributed by atoms with E-state index in [9.17, 15) is 117 Å². The van der Waals surface area contributed by atoms with Crippen LogP contribution in [0.4, 0.5) is 0 Å².